The van der Waals surface area contributed by atoms with Gasteiger partial charge in [0.15, 0.2) is 0 Å². The van der Waals surface area contributed by atoms with Crippen molar-refractivity contribution in [2.24, 2.45) is 0 Å². The quantitative estimate of drug-likeness (QED) is 0.703. The molecule has 1 N–H and O–H groups in total. The summed E-state index contributed by atoms with van der Waals surface area (Å²) in [5.41, 5.74) is 0. The van der Waals surface area contributed by atoms with Crippen LogP contribution in [0.25, 0.3) is 0 Å². The standard InChI is InChI=1S/C9H21ClN2O2S/c1-5-12(6-2)15(13,14)11-9(4)7-8(3)10/h8-9,11H,5-7H2,1-4H3. The number of hydrogen-bond acceptors (Lipinski definition) is 2. The molecular formula is C9H21ClN2O2S. The normalized spacial score (nSPS) is 16.7. The molecule has 0 saturated carbocycles. The predicted molar refractivity (Wildman–Crippen MR) is 64.4 cm³/mol. The van der Waals surface area contributed by atoms with E-state index in [9.17, 15) is 8.42 Å². The van der Waals surface area contributed by atoms with Crippen LogP contribution in [0.2, 0.25) is 0 Å². The molecule has 0 aromatic carbocycles. The van der Waals surface area contributed by atoms with Gasteiger partial charge in [-0.1, -0.05) is 13.8 Å². The van der Waals surface area contributed by atoms with Gasteiger partial charge >= 0.3 is 0 Å². The molecule has 0 bridgehead atoms. The molecule has 6 heteroatoms. The van der Waals surface area contributed by atoms with E-state index in [2.05, 4.69) is 4.72 Å². The molecule has 0 aromatic rings. The summed E-state index contributed by atoms with van der Waals surface area (Å²) in [6.07, 6.45) is 0.627. The molecule has 0 fully saturated rings. The summed E-state index contributed by atoms with van der Waals surface area (Å²) in [5, 5.41) is -0.0283. The Bertz CT molecular complexity index is 263. The predicted octanol–water partition coefficient (Wildman–Crippen LogP) is 1.57. The van der Waals surface area contributed by atoms with Crippen LogP contribution in [0, 0.1) is 0 Å². The zero-order valence-electron chi connectivity index (χ0n) is 9.83. The third-order valence-corrected chi connectivity index (χ3v) is 4.15. The summed E-state index contributed by atoms with van der Waals surface area (Å²) >= 11 is 5.80. The van der Waals surface area contributed by atoms with E-state index < -0.39 is 10.2 Å². The van der Waals surface area contributed by atoms with Crippen molar-refractivity contribution in [1.29, 1.82) is 0 Å². The average Bonchev–Trinajstić information content (AvgIpc) is 2.02. The number of hydrogen-bond donors (Lipinski definition) is 1. The number of nitrogens with zero attached hydrogens (tertiary/aromatic N) is 1. The van der Waals surface area contributed by atoms with E-state index >= 15 is 0 Å². The van der Waals surface area contributed by atoms with E-state index in [0.29, 0.717) is 19.5 Å². The third-order valence-electron chi connectivity index (χ3n) is 2.07. The second kappa shape index (κ2) is 6.68. The molecule has 0 radical (unpaired) electrons. The molecule has 15 heavy (non-hydrogen) atoms. The molecule has 0 aliphatic carbocycles. The summed E-state index contributed by atoms with van der Waals surface area (Å²) in [7, 11) is -3.34. The largest absolute Gasteiger partial charge is 0.279 e. The second-order valence-electron chi connectivity index (χ2n) is 3.62. The van der Waals surface area contributed by atoms with Gasteiger partial charge in [-0.2, -0.15) is 17.4 Å². The maximum Gasteiger partial charge on any atom is 0.279 e. The van der Waals surface area contributed by atoms with Crippen LogP contribution >= 0.6 is 11.6 Å². The fourth-order valence-electron chi connectivity index (χ4n) is 1.43. The van der Waals surface area contributed by atoms with Gasteiger partial charge in [-0.3, -0.25) is 0 Å². The highest BCUT2D eigenvalue weighted by molar-refractivity contribution is 7.87. The first kappa shape index (κ1) is 15.2. The fourth-order valence-corrected chi connectivity index (χ4v) is 3.13. The van der Waals surface area contributed by atoms with E-state index in [1.807, 2.05) is 27.7 Å². The molecule has 2 unspecified atom stereocenters. The number of alkyl halides is 1. The first-order chi connectivity index (χ1) is 6.83. The van der Waals surface area contributed by atoms with E-state index in [4.69, 9.17) is 11.6 Å². The molecule has 92 valence electrons. The molecule has 0 amide bonds. The highest BCUT2D eigenvalue weighted by Crippen LogP contribution is 2.06. The maximum atomic E-state index is 11.8. The molecule has 0 spiro atoms. The molecule has 0 saturated heterocycles. The van der Waals surface area contributed by atoms with Crippen LogP contribution in [-0.4, -0.2) is 37.2 Å². The second-order valence-corrected chi connectivity index (χ2v) is 6.07. The monoisotopic (exact) mass is 256 g/mol. The van der Waals surface area contributed by atoms with Crippen LogP contribution in [-0.2, 0) is 10.2 Å². The van der Waals surface area contributed by atoms with E-state index in [0.717, 1.165) is 0 Å². The van der Waals surface area contributed by atoms with Crippen molar-refractivity contribution in [2.45, 2.75) is 45.5 Å². The molecule has 4 nitrogen and oxygen atoms in total. The van der Waals surface area contributed by atoms with Crippen LogP contribution < -0.4 is 4.72 Å². The average molecular weight is 257 g/mol. The Morgan fingerprint density at radius 1 is 1.27 bits per heavy atom. The third kappa shape index (κ3) is 5.70. The first-order valence-electron chi connectivity index (χ1n) is 5.24. The van der Waals surface area contributed by atoms with Crippen molar-refractivity contribution in [3.8, 4) is 0 Å². The molecule has 0 aliphatic rings. The molecule has 2 atom stereocenters. The van der Waals surface area contributed by atoms with Crippen molar-refractivity contribution in [3.63, 3.8) is 0 Å². The number of halogens is 1. The van der Waals surface area contributed by atoms with Crippen molar-refractivity contribution in [2.75, 3.05) is 13.1 Å². The SMILES string of the molecule is CCN(CC)S(=O)(=O)NC(C)CC(C)Cl. The molecule has 0 aromatic heterocycles. The molecule has 0 rings (SSSR count). The van der Waals surface area contributed by atoms with Gasteiger partial charge in [0.25, 0.3) is 10.2 Å². The zero-order valence-corrected chi connectivity index (χ0v) is 11.4. The Hall–Kier alpha value is 0.160. The fraction of sp³-hybridized carbons (Fsp3) is 1.00. The lowest BCUT2D eigenvalue weighted by Gasteiger charge is -2.22. The summed E-state index contributed by atoms with van der Waals surface area (Å²) < 4.78 is 27.5. The van der Waals surface area contributed by atoms with E-state index in [-0.39, 0.29) is 11.4 Å². The van der Waals surface area contributed by atoms with Crippen molar-refractivity contribution in [3.05, 3.63) is 0 Å². The van der Waals surface area contributed by atoms with Crippen LogP contribution in [0.15, 0.2) is 0 Å². The molecular weight excluding hydrogens is 236 g/mol. The van der Waals surface area contributed by atoms with Crippen LogP contribution in [0.4, 0.5) is 0 Å². The Morgan fingerprint density at radius 3 is 2.07 bits per heavy atom. The van der Waals surface area contributed by atoms with Gasteiger partial charge in [-0.15, -0.1) is 11.6 Å². The Labute approximate surface area is 98.2 Å². The minimum absolute atomic E-state index is 0.0283. The van der Waals surface area contributed by atoms with Crippen LogP contribution in [0.3, 0.4) is 0 Å². The summed E-state index contributed by atoms with van der Waals surface area (Å²) in [4.78, 5) is 0. The Kier molecular flexibility index (Phi) is 6.75. The van der Waals surface area contributed by atoms with Crippen molar-refractivity contribution < 1.29 is 8.42 Å². The number of nitrogens with one attached hydrogen (secondary N) is 1. The Balaban J connectivity index is 4.36. The molecule has 0 aliphatic heterocycles. The minimum Gasteiger partial charge on any atom is -0.199 e. The van der Waals surface area contributed by atoms with Crippen LogP contribution in [0.5, 0.6) is 0 Å². The number of rotatable bonds is 7. The lowest BCUT2D eigenvalue weighted by atomic mass is 10.2. The lowest BCUT2D eigenvalue weighted by molar-refractivity contribution is 0.424. The zero-order chi connectivity index (χ0) is 12.1. The van der Waals surface area contributed by atoms with E-state index in [1.165, 1.54) is 4.31 Å². The lowest BCUT2D eigenvalue weighted by Crippen LogP contribution is -2.44. The van der Waals surface area contributed by atoms with Crippen molar-refractivity contribution in [1.82, 2.24) is 9.03 Å². The summed E-state index contributed by atoms with van der Waals surface area (Å²) in [6.45, 7) is 8.27. The Morgan fingerprint density at radius 2 is 1.73 bits per heavy atom. The molecule has 0 heterocycles. The van der Waals surface area contributed by atoms with Gasteiger partial charge < -0.3 is 0 Å². The van der Waals surface area contributed by atoms with Gasteiger partial charge in [0.05, 0.1) is 0 Å². The van der Waals surface area contributed by atoms with E-state index in [1.54, 1.807) is 0 Å². The van der Waals surface area contributed by atoms with Crippen LogP contribution in [0.1, 0.15) is 34.1 Å². The summed E-state index contributed by atoms with van der Waals surface area (Å²) in [6, 6.07) is -0.136. The van der Waals surface area contributed by atoms with Gasteiger partial charge in [0.2, 0.25) is 0 Å². The topological polar surface area (TPSA) is 49.4 Å². The van der Waals surface area contributed by atoms with Gasteiger partial charge in [0.1, 0.15) is 0 Å². The maximum absolute atomic E-state index is 11.8. The highest BCUT2D eigenvalue weighted by atomic mass is 35.5. The van der Waals surface area contributed by atoms with Gasteiger partial charge in [0, 0.05) is 24.5 Å². The van der Waals surface area contributed by atoms with Gasteiger partial charge in [-0.05, 0) is 20.3 Å². The smallest absolute Gasteiger partial charge is 0.199 e. The van der Waals surface area contributed by atoms with Gasteiger partial charge in [-0.25, -0.2) is 0 Å². The first-order valence-corrected chi connectivity index (χ1v) is 7.12. The highest BCUT2D eigenvalue weighted by Gasteiger charge is 2.21. The van der Waals surface area contributed by atoms with Crippen molar-refractivity contribution >= 4 is 21.8 Å². The summed E-state index contributed by atoms with van der Waals surface area (Å²) in [5.74, 6) is 0. The minimum atomic E-state index is -3.34.